The van der Waals surface area contributed by atoms with E-state index < -0.39 is 5.92 Å². The van der Waals surface area contributed by atoms with E-state index in [2.05, 4.69) is 44.3 Å². The number of hydrogen-bond donors (Lipinski definition) is 1. The second kappa shape index (κ2) is 6.21. The molecule has 0 radical (unpaired) electrons. The minimum atomic E-state index is -2.45. The quantitative estimate of drug-likeness (QED) is 0.837. The van der Waals surface area contributed by atoms with Gasteiger partial charge in [-0.15, -0.1) is 0 Å². The summed E-state index contributed by atoms with van der Waals surface area (Å²) in [6.07, 6.45) is 1.28. The fourth-order valence-corrected chi connectivity index (χ4v) is 3.32. The number of alkyl halides is 2. The fourth-order valence-electron chi connectivity index (χ4n) is 3.32. The molecule has 2 rings (SSSR count). The van der Waals surface area contributed by atoms with Crippen LogP contribution in [0.5, 0.6) is 0 Å². The van der Waals surface area contributed by atoms with E-state index >= 15 is 0 Å². The monoisotopic (exact) mass is 281 g/mol. The molecule has 1 aromatic carbocycles. The predicted octanol–water partition coefficient (Wildman–Crippen LogP) is 4.78. The van der Waals surface area contributed by atoms with E-state index in [1.54, 1.807) is 0 Å². The van der Waals surface area contributed by atoms with Crippen LogP contribution in [0, 0.1) is 19.8 Å². The molecular weight excluding hydrogens is 256 g/mol. The maximum Gasteiger partial charge on any atom is 0.248 e. The Labute approximate surface area is 120 Å². The maximum absolute atomic E-state index is 13.3. The SMILES string of the molecule is CCNC(c1ccc(C)cc1C)C1CCC(F)(F)CC1. The molecule has 3 heteroatoms. The topological polar surface area (TPSA) is 12.0 Å². The number of aryl methyl sites for hydroxylation is 2. The van der Waals surface area contributed by atoms with Crippen LogP contribution in [0.15, 0.2) is 18.2 Å². The van der Waals surface area contributed by atoms with Crippen LogP contribution < -0.4 is 5.32 Å². The van der Waals surface area contributed by atoms with Gasteiger partial charge in [-0.05, 0) is 50.3 Å². The van der Waals surface area contributed by atoms with Crippen molar-refractivity contribution in [2.75, 3.05) is 6.54 Å². The van der Waals surface area contributed by atoms with Crippen LogP contribution in [0.25, 0.3) is 0 Å². The zero-order chi connectivity index (χ0) is 14.8. The third-order valence-electron chi connectivity index (χ3n) is 4.42. The molecule has 0 saturated heterocycles. The molecule has 112 valence electrons. The summed E-state index contributed by atoms with van der Waals surface area (Å²) in [5, 5.41) is 3.51. The first-order valence-electron chi connectivity index (χ1n) is 7.61. The molecule has 0 aromatic heterocycles. The van der Waals surface area contributed by atoms with Crippen molar-refractivity contribution in [1.82, 2.24) is 5.32 Å². The fraction of sp³-hybridized carbons (Fsp3) is 0.647. The molecule has 1 atom stereocenters. The van der Waals surface area contributed by atoms with Crippen molar-refractivity contribution >= 4 is 0 Å². The Bertz CT molecular complexity index is 446. The van der Waals surface area contributed by atoms with E-state index in [4.69, 9.17) is 0 Å². The smallest absolute Gasteiger partial charge is 0.248 e. The molecule has 1 fully saturated rings. The lowest BCUT2D eigenvalue weighted by Gasteiger charge is -2.35. The van der Waals surface area contributed by atoms with Gasteiger partial charge < -0.3 is 5.32 Å². The summed E-state index contributed by atoms with van der Waals surface area (Å²) in [6.45, 7) is 7.14. The van der Waals surface area contributed by atoms with Crippen LogP contribution in [0.1, 0.15) is 55.3 Å². The van der Waals surface area contributed by atoms with Gasteiger partial charge in [-0.25, -0.2) is 8.78 Å². The molecule has 0 amide bonds. The predicted molar refractivity (Wildman–Crippen MR) is 79.2 cm³/mol. The molecule has 0 spiro atoms. The average molecular weight is 281 g/mol. The molecule has 1 aromatic rings. The molecule has 0 bridgehead atoms. The lowest BCUT2D eigenvalue weighted by Crippen LogP contribution is -2.34. The molecule has 1 aliphatic carbocycles. The maximum atomic E-state index is 13.3. The Hall–Kier alpha value is -0.960. The Morgan fingerprint density at radius 3 is 2.45 bits per heavy atom. The van der Waals surface area contributed by atoms with E-state index in [-0.39, 0.29) is 18.9 Å². The second-order valence-corrected chi connectivity index (χ2v) is 6.09. The number of rotatable bonds is 4. The Kier molecular flexibility index (Phi) is 4.79. The lowest BCUT2D eigenvalue weighted by molar-refractivity contribution is -0.0497. The van der Waals surface area contributed by atoms with Crippen molar-refractivity contribution < 1.29 is 8.78 Å². The van der Waals surface area contributed by atoms with Gasteiger partial charge in [-0.3, -0.25) is 0 Å². The van der Waals surface area contributed by atoms with Crippen LogP contribution >= 0.6 is 0 Å². The Morgan fingerprint density at radius 2 is 1.90 bits per heavy atom. The largest absolute Gasteiger partial charge is 0.310 e. The van der Waals surface area contributed by atoms with Gasteiger partial charge >= 0.3 is 0 Å². The molecule has 1 unspecified atom stereocenters. The van der Waals surface area contributed by atoms with Crippen LogP contribution in [-0.2, 0) is 0 Å². The van der Waals surface area contributed by atoms with Gasteiger partial charge in [0.1, 0.15) is 0 Å². The molecule has 1 aliphatic rings. The number of nitrogens with one attached hydrogen (secondary N) is 1. The van der Waals surface area contributed by atoms with E-state index in [9.17, 15) is 8.78 Å². The molecule has 1 N–H and O–H groups in total. The average Bonchev–Trinajstić information content (AvgIpc) is 2.37. The van der Waals surface area contributed by atoms with Crippen LogP contribution in [-0.4, -0.2) is 12.5 Å². The summed E-state index contributed by atoms with van der Waals surface area (Å²) in [7, 11) is 0. The standard InChI is InChI=1S/C17H25F2N/c1-4-20-16(14-7-9-17(18,19)10-8-14)15-6-5-12(2)11-13(15)3/h5-6,11,14,16,20H,4,7-10H2,1-3H3. The van der Waals surface area contributed by atoms with Gasteiger partial charge in [-0.2, -0.15) is 0 Å². The summed E-state index contributed by atoms with van der Waals surface area (Å²) in [5.41, 5.74) is 3.78. The minimum Gasteiger partial charge on any atom is -0.310 e. The van der Waals surface area contributed by atoms with E-state index in [1.165, 1.54) is 16.7 Å². The highest BCUT2D eigenvalue weighted by Crippen LogP contribution is 2.41. The number of hydrogen-bond acceptors (Lipinski definition) is 1. The first kappa shape index (κ1) is 15.4. The van der Waals surface area contributed by atoms with Crippen molar-refractivity contribution in [3.05, 3.63) is 34.9 Å². The van der Waals surface area contributed by atoms with Gasteiger partial charge in [0, 0.05) is 18.9 Å². The van der Waals surface area contributed by atoms with Gasteiger partial charge in [-0.1, -0.05) is 30.7 Å². The van der Waals surface area contributed by atoms with Gasteiger partial charge in [0.05, 0.1) is 0 Å². The minimum absolute atomic E-state index is 0.0322. The van der Waals surface area contributed by atoms with Crippen molar-refractivity contribution in [3.63, 3.8) is 0 Å². The second-order valence-electron chi connectivity index (χ2n) is 6.09. The molecule has 20 heavy (non-hydrogen) atoms. The van der Waals surface area contributed by atoms with Crippen molar-refractivity contribution in [2.45, 2.75) is 58.4 Å². The third-order valence-corrected chi connectivity index (χ3v) is 4.42. The zero-order valence-electron chi connectivity index (χ0n) is 12.7. The summed E-state index contributed by atoms with van der Waals surface area (Å²) in [4.78, 5) is 0. The molecular formula is C17H25F2N. The highest BCUT2D eigenvalue weighted by Gasteiger charge is 2.38. The van der Waals surface area contributed by atoms with E-state index in [1.807, 2.05) is 0 Å². The van der Waals surface area contributed by atoms with Crippen molar-refractivity contribution in [1.29, 1.82) is 0 Å². The highest BCUT2D eigenvalue weighted by molar-refractivity contribution is 5.33. The number of halogens is 2. The normalized spacial score (nSPS) is 20.9. The highest BCUT2D eigenvalue weighted by atomic mass is 19.3. The third kappa shape index (κ3) is 3.57. The summed E-state index contributed by atoms with van der Waals surface area (Å²) in [5.74, 6) is -2.13. The lowest BCUT2D eigenvalue weighted by atomic mass is 9.78. The summed E-state index contributed by atoms with van der Waals surface area (Å²) < 4.78 is 26.7. The molecule has 1 nitrogen and oxygen atoms in total. The van der Waals surface area contributed by atoms with Gasteiger partial charge in [0.15, 0.2) is 0 Å². The molecule has 0 aliphatic heterocycles. The first-order chi connectivity index (χ1) is 9.43. The summed E-state index contributed by atoms with van der Waals surface area (Å²) in [6, 6.07) is 6.66. The van der Waals surface area contributed by atoms with E-state index in [0.29, 0.717) is 18.8 Å². The summed E-state index contributed by atoms with van der Waals surface area (Å²) >= 11 is 0. The van der Waals surface area contributed by atoms with Gasteiger partial charge in [0.2, 0.25) is 5.92 Å². The molecule has 1 saturated carbocycles. The zero-order valence-corrected chi connectivity index (χ0v) is 12.7. The van der Waals surface area contributed by atoms with Crippen LogP contribution in [0.3, 0.4) is 0 Å². The van der Waals surface area contributed by atoms with Crippen LogP contribution in [0.4, 0.5) is 8.78 Å². The Balaban J connectivity index is 2.19. The number of benzene rings is 1. The first-order valence-corrected chi connectivity index (χ1v) is 7.61. The van der Waals surface area contributed by atoms with Crippen LogP contribution in [0.2, 0.25) is 0 Å². The van der Waals surface area contributed by atoms with Crippen molar-refractivity contribution in [3.8, 4) is 0 Å². The molecule has 0 heterocycles. The van der Waals surface area contributed by atoms with E-state index in [0.717, 1.165) is 6.54 Å². The van der Waals surface area contributed by atoms with Crippen molar-refractivity contribution in [2.24, 2.45) is 5.92 Å². The van der Waals surface area contributed by atoms with Gasteiger partial charge in [0.25, 0.3) is 0 Å². The Morgan fingerprint density at radius 1 is 1.25 bits per heavy atom.